The van der Waals surface area contributed by atoms with E-state index in [1.54, 1.807) is 6.20 Å². The van der Waals surface area contributed by atoms with Crippen molar-refractivity contribution in [3.63, 3.8) is 0 Å². The van der Waals surface area contributed by atoms with E-state index in [-0.39, 0.29) is 6.42 Å². The number of aryl methyl sites for hydroxylation is 2. The predicted octanol–water partition coefficient (Wildman–Crippen LogP) is 0.301. The largest absolute Gasteiger partial charge is 0.480 e. The van der Waals surface area contributed by atoms with Gasteiger partial charge in [-0.05, 0) is 13.8 Å². The summed E-state index contributed by atoms with van der Waals surface area (Å²) in [5.74, 6) is -0.198. The second kappa shape index (κ2) is 4.14. The van der Waals surface area contributed by atoms with Crippen molar-refractivity contribution in [2.75, 3.05) is 0 Å². The number of imidazole rings is 1. The molecule has 2 heterocycles. The summed E-state index contributed by atoms with van der Waals surface area (Å²) in [5, 5.41) is 8.74. The van der Waals surface area contributed by atoms with E-state index in [1.807, 2.05) is 24.3 Å². The van der Waals surface area contributed by atoms with Crippen LogP contribution in [0.3, 0.4) is 0 Å². The third kappa shape index (κ3) is 2.26. The number of aliphatic carboxylic acids is 1. The fourth-order valence-corrected chi connectivity index (χ4v) is 1.75. The van der Waals surface area contributed by atoms with Crippen LogP contribution in [0.25, 0.3) is 5.65 Å². The van der Waals surface area contributed by atoms with Gasteiger partial charge in [0.1, 0.15) is 17.5 Å². The molecule has 0 bridgehead atoms. The standard InChI is InChI=1S/C11H14N4O2/c1-6-3-10-14-8(4-9(12)11(16)17)5-15(10)7(2)13-6/h3,5,9H,4,12H2,1-2H3,(H,16,17). The Morgan fingerprint density at radius 3 is 2.88 bits per heavy atom. The molecule has 6 nitrogen and oxygen atoms in total. The number of hydrogen-bond donors (Lipinski definition) is 2. The van der Waals surface area contributed by atoms with Crippen LogP contribution in [0.1, 0.15) is 17.2 Å². The molecule has 17 heavy (non-hydrogen) atoms. The monoisotopic (exact) mass is 234 g/mol. The van der Waals surface area contributed by atoms with Crippen LogP contribution in [0.2, 0.25) is 0 Å². The Morgan fingerprint density at radius 2 is 2.24 bits per heavy atom. The number of nitrogens with two attached hydrogens (primary N) is 1. The Bertz CT molecular complexity index is 576. The summed E-state index contributed by atoms with van der Waals surface area (Å²) in [7, 11) is 0. The third-order valence-corrected chi connectivity index (χ3v) is 2.55. The van der Waals surface area contributed by atoms with Gasteiger partial charge in [0.15, 0.2) is 0 Å². The van der Waals surface area contributed by atoms with Gasteiger partial charge in [-0.3, -0.25) is 9.20 Å². The molecule has 0 aliphatic carbocycles. The zero-order valence-electron chi connectivity index (χ0n) is 9.71. The molecule has 0 aliphatic heterocycles. The minimum absolute atomic E-state index is 0.218. The van der Waals surface area contributed by atoms with Crippen LogP contribution in [0, 0.1) is 13.8 Å². The van der Waals surface area contributed by atoms with Crippen molar-refractivity contribution in [3.05, 3.63) is 29.5 Å². The second-order valence-electron chi connectivity index (χ2n) is 4.05. The van der Waals surface area contributed by atoms with Gasteiger partial charge in [-0.2, -0.15) is 0 Å². The quantitative estimate of drug-likeness (QED) is 0.796. The van der Waals surface area contributed by atoms with E-state index in [2.05, 4.69) is 9.97 Å². The molecule has 0 radical (unpaired) electrons. The highest BCUT2D eigenvalue weighted by Gasteiger charge is 2.14. The second-order valence-corrected chi connectivity index (χ2v) is 4.05. The molecule has 2 aromatic heterocycles. The summed E-state index contributed by atoms with van der Waals surface area (Å²) in [6.07, 6.45) is 2.00. The molecule has 90 valence electrons. The lowest BCUT2D eigenvalue weighted by Crippen LogP contribution is -2.32. The minimum Gasteiger partial charge on any atom is -0.480 e. The van der Waals surface area contributed by atoms with E-state index in [1.165, 1.54) is 0 Å². The van der Waals surface area contributed by atoms with Crippen LogP contribution >= 0.6 is 0 Å². The van der Waals surface area contributed by atoms with E-state index < -0.39 is 12.0 Å². The number of carbonyl (C=O) groups is 1. The Kier molecular flexibility index (Phi) is 2.81. The average Bonchev–Trinajstić information content (AvgIpc) is 2.60. The van der Waals surface area contributed by atoms with Gasteiger partial charge in [-0.25, -0.2) is 9.97 Å². The minimum atomic E-state index is -1.02. The topological polar surface area (TPSA) is 93.5 Å². The van der Waals surface area contributed by atoms with E-state index >= 15 is 0 Å². The smallest absolute Gasteiger partial charge is 0.320 e. The summed E-state index contributed by atoms with van der Waals surface area (Å²) in [4.78, 5) is 19.3. The maximum atomic E-state index is 10.7. The molecule has 1 unspecified atom stereocenters. The molecule has 0 amide bonds. The van der Waals surface area contributed by atoms with Gasteiger partial charge in [0.2, 0.25) is 0 Å². The Balaban J connectivity index is 2.38. The van der Waals surface area contributed by atoms with Crippen molar-refractivity contribution in [2.45, 2.75) is 26.3 Å². The van der Waals surface area contributed by atoms with Crippen molar-refractivity contribution in [3.8, 4) is 0 Å². The lowest BCUT2D eigenvalue weighted by Gasteiger charge is -2.01. The average molecular weight is 234 g/mol. The fraction of sp³-hybridized carbons (Fsp3) is 0.364. The molecule has 0 aromatic carbocycles. The highest BCUT2D eigenvalue weighted by atomic mass is 16.4. The molecule has 0 saturated heterocycles. The first kappa shape index (κ1) is 11.5. The molecule has 0 fully saturated rings. The van der Waals surface area contributed by atoms with Crippen LogP contribution in [0.15, 0.2) is 12.3 Å². The summed E-state index contributed by atoms with van der Waals surface area (Å²) in [6.45, 7) is 3.77. The fourth-order valence-electron chi connectivity index (χ4n) is 1.75. The van der Waals surface area contributed by atoms with E-state index in [9.17, 15) is 4.79 Å². The molecule has 0 spiro atoms. The molecule has 3 N–H and O–H groups in total. The molecular formula is C11H14N4O2. The first-order chi connectivity index (χ1) is 7.97. The molecule has 6 heteroatoms. The van der Waals surface area contributed by atoms with Crippen molar-refractivity contribution < 1.29 is 9.90 Å². The van der Waals surface area contributed by atoms with Gasteiger partial charge < -0.3 is 10.8 Å². The summed E-state index contributed by atoms with van der Waals surface area (Å²) in [5.41, 5.74) is 7.79. The summed E-state index contributed by atoms with van der Waals surface area (Å²) in [6, 6.07) is 0.928. The first-order valence-electron chi connectivity index (χ1n) is 5.28. The number of carboxylic acid groups (broad SMARTS) is 1. The highest BCUT2D eigenvalue weighted by Crippen LogP contribution is 2.10. The number of carboxylic acids is 1. The number of rotatable bonds is 3. The molecule has 0 aliphatic rings. The van der Waals surface area contributed by atoms with Gasteiger partial charge >= 0.3 is 5.97 Å². The number of fused-ring (bicyclic) bond motifs is 1. The van der Waals surface area contributed by atoms with Gasteiger partial charge in [0, 0.05) is 24.4 Å². The van der Waals surface area contributed by atoms with Crippen LogP contribution in [0.5, 0.6) is 0 Å². The maximum Gasteiger partial charge on any atom is 0.320 e. The van der Waals surface area contributed by atoms with Gasteiger partial charge in [-0.1, -0.05) is 0 Å². The van der Waals surface area contributed by atoms with Crippen molar-refractivity contribution in [1.29, 1.82) is 0 Å². The molecule has 0 saturated carbocycles. The van der Waals surface area contributed by atoms with Crippen LogP contribution in [0.4, 0.5) is 0 Å². The Morgan fingerprint density at radius 1 is 1.53 bits per heavy atom. The first-order valence-corrected chi connectivity index (χ1v) is 5.28. The molecule has 1 atom stereocenters. The maximum absolute atomic E-state index is 10.7. The predicted molar refractivity (Wildman–Crippen MR) is 61.8 cm³/mol. The van der Waals surface area contributed by atoms with Crippen LogP contribution < -0.4 is 5.73 Å². The van der Waals surface area contributed by atoms with E-state index in [0.29, 0.717) is 5.69 Å². The Hall–Kier alpha value is -1.95. The molecule has 2 aromatic rings. The number of nitrogens with zero attached hydrogens (tertiary/aromatic N) is 3. The van der Waals surface area contributed by atoms with Crippen molar-refractivity contribution in [1.82, 2.24) is 14.4 Å². The van der Waals surface area contributed by atoms with Crippen molar-refractivity contribution >= 4 is 11.6 Å². The number of aromatic nitrogens is 3. The molecular weight excluding hydrogens is 220 g/mol. The number of hydrogen-bond acceptors (Lipinski definition) is 4. The van der Waals surface area contributed by atoms with E-state index in [0.717, 1.165) is 17.2 Å². The Labute approximate surface area is 98.1 Å². The highest BCUT2D eigenvalue weighted by molar-refractivity contribution is 5.73. The SMILES string of the molecule is Cc1cc2nc(CC(N)C(=O)O)cn2c(C)n1. The molecule has 2 rings (SSSR count). The van der Waals surface area contributed by atoms with Gasteiger partial charge in [0.05, 0.1) is 5.69 Å². The summed E-state index contributed by atoms with van der Waals surface area (Å²) < 4.78 is 1.83. The third-order valence-electron chi connectivity index (χ3n) is 2.55. The van der Waals surface area contributed by atoms with Gasteiger partial charge in [-0.15, -0.1) is 0 Å². The van der Waals surface area contributed by atoms with Crippen molar-refractivity contribution in [2.24, 2.45) is 5.73 Å². The van der Waals surface area contributed by atoms with Gasteiger partial charge in [0.25, 0.3) is 0 Å². The zero-order chi connectivity index (χ0) is 12.6. The van der Waals surface area contributed by atoms with Crippen LogP contribution in [-0.2, 0) is 11.2 Å². The van der Waals surface area contributed by atoms with E-state index in [4.69, 9.17) is 10.8 Å². The lowest BCUT2D eigenvalue weighted by atomic mass is 10.2. The normalized spacial score (nSPS) is 12.9. The summed E-state index contributed by atoms with van der Waals surface area (Å²) >= 11 is 0. The zero-order valence-corrected chi connectivity index (χ0v) is 9.71. The van der Waals surface area contributed by atoms with Crippen LogP contribution in [-0.4, -0.2) is 31.5 Å². The lowest BCUT2D eigenvalue weighted by molar-refractivity contribution is -0.138.